The van der Waals surface area contributed by atoms with Gasteiger partial charge in [0.25, 0.3) is 0 Å². The van der Waals surface area contributed by atoms with Gasteiger partial charge in [0.2, 0.25) is 0 Å². The van der Waals surface area contributed by atoms with E-state index in [1.165, 1.54) is 70.2 Å². The summed E-state index contributed by atoms with van der Waals surface area (Å²) in [7, 11) is -0.486. The molecule has 4 aromatic rings. The van der Waals surface area contributed by atoms with Crippen molar-refractivity contribution in [3.8, 4) is 12.1 Å². The minimum Gasteiger partial charge on any atom is -0.382 e. The van der Waals surface area contributed by atoms with Gasteiger partial charge in [0.15, 0.2) is 5.82 Å². The van der Waals surface area contributed by atoms with Gasteiger partial charge in [-0.25, -0.2) is 13.9 Å². The van der Waals surface area contributed by atoms with E-state index in [9.17, 15) is 28.1 Å². The second-order valence-electron chi connectivity index (χ2n) is 17.7. The molecular weight excluding hydrogens is 839 g/mol. The molecule has 0 fully saturated rings. The minimum atomic E-state index is -4.02. The van der Waals surface area contributed by atoms with Gasteiger partial charge in [-0.2, -0.15) is 28.8 Å². The Balaban J connectivity index is 1.28. The fourth-order valence-corrected chi connectivity index (χ4v) is 11.9. The lowest BCUT2D eigenvalue weighted by Gasteiger charge is -2.29. The Kier molecular flexibility index (Phi) is 23.3. The lowest BCUT2D eigenvalue weighted by Crippen LogP contribution is -2.21. The van der Waals surface area contributed by atoms with Gasteiger partial charge in [0.05, 0.1) is 23.1 Å². The summed E-state index contributed by atoms with van der Waals surface area (Å²) in [6.45, 7) is 2.13. The number of anilines is 1. The minimum absolute atomic E-state index is 0.257. The Labute approximate surface area is 381 Å². The number of unbranched alkanes of at least 4 members (excludes halogenated alkanes) is 14. The summed E-state index contributed by atoms with van der Waals surface area (Å²) in [4.78, 5) is 4.12. The van der Waals surface area contributed by atoms with Crippen molar-refractivity contribution >= 4 is 30.9 Å². The average molecular weight is 910 g/mol. The summed E-state index contributed by atoms with van der Waals surface area (Å²) in [5.74, 6) is 0.550. The predicted molar refractivity (Wildman–Crippen MR) is 253 cm³/mol. The lowest BCUT2D eigenvalue weighted by atomic mass is 9.79. The highest BCUT2D eigenvalue weighted by molar-refractivity contribution is 7.56. The highest BCUT2D eigenvalue weighted by Crippen LogP contribution is 2.47. The number of nitriles is 2. The molecule has 3 atom stereocenters. The van der Waals surface area contributed by atoms with Crippen LogP contribution in [0, 0.1) is 39.8 Å². The third-order valence-electron chi connectivity index (χ3n) is 12.9. The van der Waals surface area contributed by atoms with Crippen LogP contribution in [0.5, 0.6) is 0 Å². The van der Waals surface area contributed by atoms with Gasteiger partial charge in [-0.15, -0.1) is 7.92 Å². The van der Waals surface area contributed by atoms with Crippen LogP contribution in [0.15, 0.2) is 60.9 Å². The van der Waals surface area contributed by atoms with Crippen molar-refractivity contribution in [3.05, 3.63) is 94.1 Å². The molecule has 12 heteroatoms. The van der Waals surface area contributed by atoms with E-state index in [1.807, 2.05) is 34.8 Å². The van der Waals surface area contributed by atoms with Crippen LogP contribution >= 0.6 is 19.5 Å². The van der Waals surface area contributed by atoms with Crippen LogP contribution in [-0.4, -0.2) is 33.1 Å². The second kappa shape index (κ2) is 28.2. The number of alkyl halides is 3. The Morgan fingerprint density at radius 1 is 0.762 bits per heavy atom. The SMILES string of the molecule is CCC(C#N)(CCc1ccc2c(N)ncnn12)CCP(CCC(CCCCCCCCCCCCCCCCCC(F)(F)F)CCc1cc(F)cc(C#N)c1)Cc1ccccc1Cl. The predicted octanol–water partition coefficient (Wildman–Crippen LogP) is 15.7. The van der Waals surface area contributed by atoms with E-state index in [0.717, 1.165) is 116 Å². The zero-order valence-corrected chi connectivity index (χ0v) is 39.2. The molecule has 0 saturated heterocycles. The molecule has 2 aromatic heterocycles. The number of nitrogens with two attached hydrogens (primary N) is 1. The number of benzene rings is 2. The van der Waals surface area contributed by atoms with Crippen LogP contribution in [-0.2, 0) is 19.0 Å². The highest BCUT2D eigenvalue weighted by Gasteiger charge is 2.30. The van der Waals surface area contributed by atoms with E-state index in [-0.39, 0.29) is 12.2 Å². The van der Waals surface area contributed by atoms with Crippen LogP contribution in [0.25, 0.3) is 5.52 Å². The molecule has 344 valence electrons. The fourth-order valence-electron chi connectivity index (χ4n) is 8.83. The van der Waals surface area contributed by atoms with Gasteiger partial charge in [0, 0.05) is 17.1 Å². The number of nitrogen functional groups attached to an aromatic ring is 1. The zero-order chi connectivity index (χ0) is 45.3. The van der Waals surface area contributed by atoms with Crippen molar-refractivity contribution in [1.29, 1.82) is 10.5 Å². The number of hydrogen-bond acceptors (Lipinski definition) is 5. The molecule has 2 heterocycles. The van der Waals surface area contributed by atoms with Crippen LogP contribution in [0.4, 0.5) is 23.4 Å². The van der Waals surface area contributed by atoms with E-state index < -0.39 is 25.9 Å². The van der Waals surface area contributed by atoms with Crippen molar-refractivity contribution in [2.45, 2.75) is 173 Å². The smallest absolute Gasteiger partial charge is 0.382 e. The van der Waals surface area contributed by atoms with E-state index in [1.54, 1.807) is 6.07 Å². The summed E-state index contributed by atoms with van der Waals surface area (Å²) in [5, 5.41) is 25.3. The van der Waals surface area contributed by atoms with E-state index >= 15 is 0 Å². The van der Waals surface area contributed by atoms with Gasteiger partial charge in [0.1, 0.15) is 17.7 Å². The number of rotatable bonds is 32. The Bertz CT molecular complexity index is 2010. The van der Waals surface area contributed by atoms with E-state index in [0.29, 0.717) is 30.1 Å². The van der Waals surface area contributed by atoms with Crippen molar-refractivity contribution in [3.63, 3.8) is 0 Å². The molecule has 3 unspecified atom stereocenters. The molecule has 2 aromatic carbocycles. The summed E-state index contributed by atoms with van der Waals surface area (Å²) in [6.07, 6.45) is 22.9. The first-order valence-electron chi connectivity index (χ1n) is 23.6. The van der Waals surface area contributed by atoms with Gasteiger partial charge in [-0.05, 0) is 123 Å². The molecule has 0 spiro atoms. The molecular formula is C51H70ClF4N6P. The van der Waals surface area contributed by atoms with Crippen molar-refractivity contribution in [1.82, 2.24) is 14.6 Å². The van der Waals surface area contributed by atoms with Gasteiger partial charge >= 0.3 is 6.18 Å². The first-order chi connectivity index (χ1) is 30.4. The largest absolute Gasteiger partial charge is 0.389 e. The lowest BCUT2D eigenvalue weighted by molar-refractivity contribution is -0.135. The second-order valence-corrected chi connectivity index (χ2v) is 20.7. The van der Waals surface area contributed by atoms with E-state index in [4.69, 9.17) is 17.3 Å². The standard InChI is InChI=1S/C51H70ClF4N6P/c1-2-50(39-58,30-27-46-25-26-48-49(59)60-40-61-62(46)48)31-33-63(38-44-21-17-18-22-47(44)52)32-28-41(23-24-42-34-43(37-57)36-45(53)35-42)20-16-14-12-10-8-6-4-3-5-7-9-11-13-15-19-29-51(54,55)56/h17-18,21-22,25-26,34-36,40-41H,2-16,19-20,23-24,27-33,38H2,1H3,(H2,59,60,61). The molecule has 0 amide bonds. The van der Waals surface area contributed by atoms with Crippen molar-refractivity contribution in [2.75, 3.05) is 18.1 Å². The summed E-state index contributed by atoms with van der Waals surface area (Å²) in [5.41, 5.74) is 9.83. The first-order valence-corrected chi connectivity index (χ1v) is 25.9. The molecule has 2 N–H and O–H groups in total. The quantitative estimate of drug-likeness (QED) is 0.0299. The topological polar surface area (TPSA) is 104 Å². The first kappa shape index (κ1) is 51.9. The van der Waals surface area contributed by atoms with Crippen LogP contribution < -0.4 is 5.73 Å². The van der Waals surface area contributed by atoms with Crippen molar-refractivity contribution < 1.29 is 17.6 Å². The number of aromatic nitrogens is 3. The molecule has 0 saturated carbocycles. The van der Waals surface area contributed by atoms with Crippen LogP contribution in [0.3, 0.4) is 0 Å². The maximum Gasteiger partial charge on any atom is 0.389 e. The number of nitrogens with zero attached hydrogens (tertiary/aromatic N) is 5. The van der Waals surface area contributed by atoms with Crippen LogP contribution in [0.1, 0.15) is 171 Å². The monoisotopic (exact) mass is 909 g/mol. The fraction of sp³-hybridized carbons (Fsp3) is 0.608. The molecule has 0 bridgehead atoms. The molecule has 0 aliphatic carbocycles. The normalized spacial score (nSPS) is 13.7. The van der Waals surface area contributed by atoms with Gasteiger partial charge in [-0.3, -0.25) is 0 Å². The molecule has 4 rings (SSSR count). The van der Waals surface area contributed by atoms with Crippen molar-refractivity contribution in [2.24, 2.45) is 11.3 Å². The number of hydrogen-bond donors (Lipinski definition) is 1. The number of fused-ring (bicyclic) bond motifs is 1. The Morgan fingerprint density at radius 3 is 2.03 bits per heavy atom. The van der Waals surface area contributed by atoms with Crippen LogP contribution in [0.2, 0.25) is 5.02 Å². The molecule has 63 heavy (non-hydrogen) atoms. The molecule has 0 aliphatic rings. The Hall–Kier alpha value is -3.72. The van der Waals surface area contributed by atoms with E-state index in [2.05, 4.69) is 41.3 Å². The summed E-state index contributed by atoms with van der Waals surface area (Å²) >= 11 is 6.75. The summed E-state index contributed by atoms with van der Waals surface area (Å²) < 4.78 is 53.1. The number of halogens is 5. The highest BCUT2D eigenvalue weighted by atomic mass is 35.5. The third-order valence-corrected chi connectivity index (χ3v) is 15.8. The van der Waals surface area contributed by atoms with Gasteiger partial charge < -0.3 is 5.73 Å². The maximum absolute atomic E-state index is 14.4. The van der Waals surface area contributed by atoms with Gasteiger partial charge in [-0.1, -0.05) is 133 Å². The molecule has 0 aliphatic heterocycles. The molecule has 0 radical (unpaired) electrons. The average Bonchev–Trinajstić information content (AvgIpc) is 3.69. The number of aryl methyl sites for hydroxylation is 2. The summed E-state index contributed by atoms with van der Waals surface area (Å²) in [6, 6.07) is 21.6. The molecule has 6 nitrogen and oxygen atoms in total. The maximum atomic E-state index is 14.4. The third kappa shape index (κ3) is 19.5. The Morgan fingerprint density at radius 2 is 1.41 bits per heavy atom. The zero-order valence-electron chi connectivity index (χ0n) is 37.6.